The van der Waals surface area contributed by atoms with E-state index in [0.29, 0.717) is 12.3 Å². The molecule has 7 heteroatoms. The molecular weight excluding hydrogens is 260 g/mol. The normalized spacial score (nSPS) is 29.8. The first kappa shape index (κ1) is 13.1. The lowest BCUT2D eigenvalue weighted by Gasteiger charge is -2.46. The zero-order valence-corrected chi connectivity index (χ0v) is 11.2. The number of nitrogens with zero attached hydrogens (tertiary/aromatic N) is 3. The van der Waals surface area contributed by atoms with E-state index in [9.17, 15) is 14.7 Å². The summed E-state index contributed by atoms with van der Waals surface area (Å²) in [7, 11) is 0. The molecule has 2 N–H and O–H groups in total. The van der Waals surface area contributed by atoms with Crippen LogP contribution in [0.5, 0.6) is 0 Å². The first-order chi connectivity index (χ1) is 9.68. The third kappa shape index (κ3) is 2.17. The lowest BCUT2D eigenvalue weighted by Crippen LogP contribution is -2.57. The number of likely N-dealkylation sites (tertiary alicyclic amines) is 1. The molecule has 3 rings (SSSR count). The SMILES string of the molecule is O=C(O)C1CCC2CCCCC2N1C(=O)c1ncn[nH]1. The molecule has 2 heterocycles. The van der Waals surface area contributed by atoms with Crippen molar-refractivity contribution in [2.75, 3.05) is 0 Å². The standard InChI is InChI=1S/C13H18N4O3/c18-12(11-14-7-15-16-11)17-9-4-2-1-3-8(9)5-6-10(17)13(19)20/h7-10H,1-6H2,(H,19,20)(H,14,15,16). The quantitative estimate of drug-likeness (QED) is 0.842. The number of carboxylic acids is 1. The lowest BCUT2D eigenvalue weighted by molar-refractivity contribution is -0.146. The van der Waals surface area contributed by atoms with Gasteiger partial charge in [-0.25, -0.2) is 9.78 Å². The Morgan fingerprint density at radius 2 is 2.05 bits per heavy atom. The minimum Gasteiger partial charge on any atom is -0.480 e. The maximum atomic E-state index is 12.6. The van der Waals surface area contributed by atoms with Gasteiger partial charge < -0.3 is 10.0 Å². The summed E-state index contributed by atoms with van der Waals surface area (Å²) in [6.45, 7) is 0. The molecule has 1 aromatic heterocycles. The zero-order chi connectivity index (χ0) is 14.1. The van der Waals surface area contributed by atoms with Crippen molar-refractivity contribution in [3.05, 3.63) is 12.2 Å². The molecule has 3 atom stereocenters. The molecule has 2 fully saturated rings. The van der Waals surface area contributed by atoms with E-state index in [1.807, 2.05) is 0 Å². The van der Waals surface area contributed by atoms with Gasteiger partial charge in [0.15, 0.2) is 0 Å². The first-order valence-corrected chi connectivity index (χ1v) is 7.09. The summed E-state index contributed by atoms with van der Waals surface area (Å²) in [6.07, 6.45) is 6.87. The van der Waals surface area contributed by atoms with E-state index in [2.05, 4.69) is 15.2 Å². The summed E-state index contributed by atoms with van der Waals surface area (Å²) in [4.78, 5) is 29.4. The van der Waals surface area contributed by atoms with Crippen LogP contribution in [-0.4, -0.2) is 49.1 Å². The van der Waals surface area contributed by atoms with Gasteiger partial charge in [-0.05, 0) is 31.6 Å². The Balaban J connectivity index is 1.91. The summed E-state index contributed by atoms with van der Waals surface area (Å²) in [6, 6.07) is -0.719. The van der Waals surface area contributed by atoms with E-state index < -0.39 is 12.0 Å². The summed E-state index contributed by atoms with van der Waals surface area (Å²) in [5.41, 5.74) is 0. The molecule has 0 spiro atoms. The average Bonchev–Trinajstić information content (AvgIpc) is 2.99. The fourth-order valence-corrected chi connectivity index (χ4v) is 3.60. The van der Waals surface area contributed by atoms with Crippen molar-refractivity contribution in [3.8, 4) is 0 Å². The number of piperidine rings is 1. The second-order valence-corrected chi connectivity index (χ2v) is 5.59. The van der Waals surface area contributed by atoms with Crippen molar-refractivity contribution in [2.24, 2.45) is 5.92 Å². The molecule has 108 valence electrons. The van der Waals surface area contributed by atoms with Crippen LogP contribution < -0.4 is 0 Å². The summed E-state index contributed by atoms with van der Waals surface area (Å²) in [5, 5.41) is 15.6. The van der Waals surface area contributed by atoms with Crippen LogP contribution in [-0.2, 0) is 4.79 Å². The highest BCUT2D eigenvalue weighted by Crippen LogP contribution is 2.38. The number of fused-ring (bicyclic) bond motifs is 1. The Morgan fingerprint density at radius 3 is 2.75 bits per heavy atom. The van der Waals surface area contributed by atoms with E-state index in [-0.39, 0.29) is 17.8 Å². The molecule has 20 heavy (non-hydrogen) atoms. The number of hydrogen-bond donors (Lipinski definition) is 2. The van der Waals surface area contributed by atoms with Gasteiger partial charge in [-0.2, -0.15) is 5.10 Å². The second-order valence-electron chi connectivity index (χ2n) is 5.59. The summed E-state index contributed by atoms with van der Waals surface area (Å²) in [5.74, 6) is -0.720. The van der Waals surface area contributed by atoms with Crippen molar-refractivity contribution < 1.29 is 14.7 Å². The molecule has 1 amide bonds. The van der Waals surface area contributed by atoms with Gasteiger partial charge in [0, 0.05) is 6.04 Å². The predicted molar refractivity (Wildman–Crippen MR) is 69.0 cm³/mol. The topological polar surface area (TPSA) is 99.2 Å². The van der Waals surface area contributed by atoms with E-state index >= 15 is 0 Å². The first-order valence-electron chi connectivity index (χ1n) is 7.09. The molecule has 1 aromatic rings. The predicted octanol–water partition coefficient (Wildman–Crippen LogP) is 1.05. The minimum atomic E-state index is -0.929. The fraction of sp³-hybridized carbons (Fsp3) is 0.692. The van der Waals surface area contributed by atoms with Gasteiger partial charge in [-0.3, -0.25) is 9.89 Å². The number of carbonyl (C=O) groups is 2. The van der Waals surface area contributed by atoms with Crippen LogP contribution in [0.3, 0.4) is 0 Å². The molecule has 2 aliphatic rings. The van der Waals surface area contributed by atoms with E-state index in [1.165, 1.54) is 17.6 Å². The maximum absolute atomic E-state index is 12.6. The van der Waals surface area contributed by atoms with Crippen LogP contribution in [0.25, 0.3) is 0 Å². The number of hydrogen-bond acceptors (Lipinski definition) is 4. The number of aliphatic carboxylic acids is 1. The van der Waals surface area contributed by atoms with Gasteiger partial charge in [0.05, 0.1) is 0 Å². The van der Waals surface area contributed by atoms with E-state index in [4.69, 9.17) is 0 Å². The number of carboxylic acid groups (broad SMARTS) is 1. The maximum Gasteiger partial charge on any atom is 0.326 e. The highest BCUT2D eigenvalue weighted by molar-refractivity contribution is 5.93. The van der Waals surface area contributed by atoms with Crippen molar-refractivity contribution in [3.63, 3.8) is 0 Å². The van der Waals surface area contributed by atoms with E-state index in [1.54, 1.807) is 0 Å². The molecular formula is C13H18N4O3. The Kier molecular flexibility index (Phi) is 3.42. The van der Waals surface area contributed by atoms with Gasteiger partial charge in [0.25, 0.3) is 5.91 Å². The minimum absolute atomic E-state index is 0.0243. The number of nitrogens with one attached hydrogen (secondary N) is 1. The Hall–Kier alpha value is -1.92. The van der Waals surface area contributed by atoms with Crippen LogP contribution in [0.2, 0.25) is 0 Å². The number of H-pyrrole nitrogens is 1. The summed E-state index contributed by atoms with van der Waals surface area (Å²) < 4.78 is 0. The highest BCUT2D eigenvalue weighted by atomic mass is 16.4. The van der Waals surface area contributed by atoms with Crippen LogP contribution in [0.1, 0.15) is 49.1 Å². The molecule has 0 bridgehead atoms. The smallest absolute Gasteiger partial charge is 0.326 e. The molecule has 7 nitrogen and oxygen atoms in total. The average molecular weight is 278 g/mol. The molecule has 1 saturated heterocycles. The highest BCUT2D eigenvalue weighted by Gasteiger charge is 2.44. The molecule has 1 aliphatic heterocycles. The second kappa shape index (κ2) is 5.22. The Labute approximate surface area is 116 Å². The number of carbonyl (C=O) groups excluding carboxylic acids is 1. The van der Waals surface area contributed by atoms with Gasteiger partial charge in [-0.1, -0.05) is 12.8 Å². The zero-order valence-electron chi connectivity index (χ0n) is 11.2. The molecule has 0 aromatic carbocycles. The van der Waals surface area contributed by atoms with Gasteiger partial charge >= 0.3 is 5.97 Å². The number of aromatic nitrogens is 3. The van der Waals surface area contributed by atoms with E-state index in [0.717, 1.165) is 25.7 Å². The third-order valence-electron chi connectivity index (χ3n) is 4.51. The Bertz CT molecular complexity index is 502. The van der Waals surface area contributed by atoms with Crippen molar-refractivity contribution in [2.45, 2.75) is 50.6 Å². The van der Waals surface area contributed by atoms with Crippen LogP contribution in [0, 0.1) is 5.92 Å². The monoisotopic (exact) mass is 278 g/mol. The van der Waals surface area contributed by atoms with Crippen molar-refractivity contribution in [1.82, 2.24) is 20.1 Å². The molecule has 0 radical (unpaired) electrons. The third-order valence-corrected chi connectivity index (χ3v) is 4.51. The van der Waals surface area contributed by atoms with Crippen molar-refractivity contribution in [1.29, 1.82) is 0 Å². The molecule has 1 saturated carbocycles. The lowest BCUT2D eigenvalue weighted by atomic mass is 9.76. The largest absolute Gasteiger partial charge is 0.480 e. The Morgan fingerprint density at radius 1 is 1.25 bits per heavy atom. The number of aromatic amines is 1. The number of amides is 1. The summed E-state index contributed by atoms with van der Waals surface area (Å²) >= 11 is 0. The molecule has 3 unspecified atom stereocenters. The molecule has 1 aliphatic carbocycles. The van der Waals surface area contributed by atoms with Gasteiger partial charge in [0.2, 0.25) is 5.82 Å². The van der Waals surface area contributed by atoms with Crippen LogP contribution in [0.4, 0.5) is 0 Å². The van der Waals surface area contributed by atoms with Gasteiger partial charge in [0.1, 0.15) is 12.4 Å². The fourth-order valence-electron chi connectivity index (χ4n) is 3.60. The number of rotatable bonds is 2. The van der Waals surface area contributed by atoms with Crippen LogP contribution in [0.15, 0.2) is 6.33 Å². The van der Waals surface area contributed by atoms with Gasteiger partial charge in [-0.15, -0.1) is 0 Å². The van der Waals surface area contributed by atoms with Crippen molar-refractivity contribution >= 4 is 11.9 Å². The van der Waals surface area contributed by atoms with Crippen LogP contribution >= 0.6 is 0 Å².